The molecular formula is C19H22ClNO2S. The number of rotatable bonds is 7. The van der Waals surface area contributed by atoms with Crippen LogP contribution < -0.4 is 4.74 Å². The maximum absolute atomic E-state index is 12.7. The van der Waals surface area contributed by atoms with E-state index in [2.05, 4.69) is 0 Å². The molecule has 24 heavy (non-hydrogen) atoms. The Hall–Kier alpha value is -1.65. The summed E-state index contributed by atoms with van der Waals surface area (Å²) in [4.78, 5) is 15.6. The summed E-state index contributed by atoms with van der Waals surface area (Å²) >= 11 is 7.45. The van der Waals surface area contributed by atoms with Crippen molar-refractivity contribution in [3.05, 3.63) is 59.1 Å². The predicted molar refractivity (Wildman–Crippen MR) is 101 cm³/mol. The Morgan fingerprint density at radius 3 is 2.33 bits per heavy atom. The van der Waals surface area contributed by atoms with Crippen LogP contribution in [0.25, 0.3) is 0 Å². The minimum absolute atomic E-state index is 0.133. The SMILES string of the molecule is CCN(Cc1ccc(OC)cc1)C(=O)C(C)Sc1ccc(Cl)cc1. The van der Waals surface area contributed by atoms with E-state index in [1.165, 1.54) is 0 Å². The van der Waals surface area contributed by atoms with Crippen LogP contribution in [-0.4, -0.2) is 29.7 Å². The van der Waals surface area contributed by atoms with Crippen LogP contribution in [0.4, 0.5) is 0 Å². The smallest absolute Gasteiger partial charge is 0.236 e. The molecule has 1 amide bonds. The zero-order valence-electron chi connectivity index (χ0n) is 14.2. The van der Waals surface area contributed by atoms with Crippen molar-refractivity contribution in [3.63, 3.8) is 0 Å². The molecule has 0 radical (unpaired) electrons. The summed E-state index contributed by atoms with van der Waals surface area (Å²) in [6.07, 6.45) is 0. The van der Waals surface area contributed by atoms with Crippen LogP contribution in [0.1, 0.15) is 19.4 Å². The number of thioether (sulfide) groups is 1. The van der Waals surface area contributed by atoms with E-state index in [1.54, 1.807) is 18.9 Å². The highest BCUT2D eigenvalue weighted by molar-refractivity contribution is 8.00. The summed E-state index contributed by atoms with van der Waals surface area (Å²) in [6.45, 7) is 5.22. The molecule has 3 nitrogen and oxygen atoms in total. The van der Waals surface area contributed by atoms with E-state index in [9.17, 15) is 4.79 Å². The van der Waals surface area contributed by atoms with Crippen LogP contribution in [0, 0.1) is 0 Å². The second-order valence-corrected chi connectivity index (χ2v) is 7.27. The Morgan fingerprint density at radius 1 is 1.17 bits per heavy atom. The van der Waals surface area contributed by atoms with Crippen LogP contribution in [0.5, 0.6) is 5.75 Å². The van der Waals surface area contributed by atoms with Crippen molar-refractivity contribution in [2.24, 2.45) is 0 Å². The third-order valence-electron chi connectivity index (χ3n) is 3.70. The second kappa shape index (κ2) is 9.00. The molecule has 0 saturated carbocycles. The first-order chi connectivity index (χ1) is 11.5. The van der Waals surface area contributed by atoms with Gasteiger partial charge in [0.05, 0.1) is 12.4 Å². The van der Waals surface area contributed by atoms with Crippen molar-refractivity contribution >= 4 is 29.3 Å². The average Bonchev–Trinajstić information content (AvgIpc) is 2.61. The van der Waals surface area contributed by atoms with Crippen molar-refractivity contribution in [2.75, 3.05) is 13.7 Å². The van der Waals surface area contributed by atoms with E-state index in [-0.39, 0.29) is 11.2 Å². The summed E-state index contributed by atoms with van der Waals surface area (Å²) in [5, 5.41) is 0.553. The van der Waals surface area contributed by atoms with Gasteiger partial charge in [-0.05, 0) is 55.8 Å². The van der Waals surface area contributed by atoms with E-state index in [0.29, 0.717) is 18.1 Å². The van der Waals surface area contributed by atoms with Gasteiger partial charge in [0.25, 0.3) is 0 Å². The van der Waals surface area contributed by atoms with Gasteiger partial charge in [-0.15, -0.1) is 11.8 Å². The quantitative estimate of drug-likeness (QED) is 0.657. The van der Waals surface area contributed by atoms with Gasteiger partial charge in [0.15, 0.2) is 0 Å². The number of benzene rings is 2. The predicted octanol–water partition coefficient (Wildman–Crippen LogP) is 4.88. The highest BCUT2D eigenvalue weighted by Gasteiger charge is 2.20. The molecule has 0 heterocycles. The van der Waals surface area contributed by atoms with Crippen LogP contribution in [0.3, 0.4) is 0 Å². The zero-order valence-corrected chi connectivity index (χ0v) is 15.7. The minimum atomic E-state index is -0.149. The van der Waals surface area contributed by atoms with Gasteiger partial charge in [-0.1, -0.05) is 23.7 Å². The number of halogens is 1. The monoisotopic (exact) mass is 363 g/mol. The van der Waals surface area contributed by atoms with Gasteiger partial charge in [0.1, 0.15) is 5.75 Å². The number of hydrogen-bond donors (Lipinski definition) is 0. The maximum atomic E-state index is 12.7. The first-order valence-electron chi connectivity index (χ1n) is 7.87. The van der Waals surface area contributed by atoms with Gasteiger partial charge in [-0.3, -0.25) is 4.79 Å². The molecule has 2 rings (SSSR count). The number of methoxy groups -OCH3 is 1. The summed E-state index contributed by atoms with van der Waals surface area (Å²) in [5.41, 5.74) is 1.09. The fourth-order valence-electron chi connectivity index (χ4n) is 2.32. The highest BCUT2D eigenvalue weighted by Crippen LogP contribution is 2.26. The molecule has 0 aromatic heterocycles. The summed E-state index contributed by atoms with van der Waals surface area (Å²) in [5.74, 6) is 0.952. The van der Waals surface area contributed by atoms with Gasteiger partial charge in [0.2, 0.25) is 5.91 Å². The van der Waals surface area contributed by atoms with Crippen molar-refractivity contribution < 1.29 is 9.53 Å². The molecule has 5 heteroatoms. The lowest BCUT2D eigenvalue weighted by Crippen LogP contribution is -2.35. The van der Waals surface area contributed by atoms with Crippen molar-refractivity contribution in [2.45, 2.75) is 30.5 Å². The van der Waals surface area contributed by atoms with E-state index in [1.807, 2.05) is 67.3 Å². The summed E-state index contributed by atoms with van der Waals surface area (Å²) < 4.78 is 5.17. The molecule has 128 valence electrons. The molecule has 0 aliphatic rings. The minimum Gasteiger partial charge on any atom is -0.497 e. The average molecular weight is 364 g/mol. The second-order valence-electron chi connectivity index (χ2n) is 5.41. The van der Waals surface area contributed by atoms with E-state index in [4.69, 9.17) is 16.3 Å². The summed E-state index contributed by atoms with van der Waals surface area (Å²) in [7, 11) is 1.65. The molecule has 0 bridgehead atoms. The van der Waals surface area contributed by atoms with E-state index in [0.717, 1.165) is 16.2 Å². The molecule has 0 spiro atoms. The fourth-order valence-corrected chi connectivity index (χ4v) is 3.40. The lowest BCUT2D eigenvalue weighted by atomic mass is 10.2. The zero-order chi connectivity index (χ0) is 17.5. The normalized spacial score (nSPS) is 11.8. The lowest BCUT2D eigenvalue weighted by molar-refractivity contribution is -0.130. The fraction of sp³-hybridized carbons (Fsp3) is 0.316. The van der Waals surface area contributed by atoms with Crippen molar-refractivity contribution in [3.8, 4) is 5.75 Å². The first-order valence-corrected chi connectivity index (χ1v) is 9.13. The maximum Gasteiger partial charge on any atom is 0.236 e. The first kappa shape index (κ1) is 18.7. The highest BCUT2D eigenvalue weighted by atomic mass is 35.5. The lowest BCUT2D eigenvalue weighted by Gasteiger charge is -2.24. The van der Waals surface area contributed by atoms with Crippen LogP contribution in [-0.2, 0) is 11.3 Å². The van der Waals surface area contributed by atoms with Gasteiger partial charge in [0, 0.05) is 23.0 Å². The third-order valence-corrected chi connectivity index (χ3v) is 5.05. The molecular weight excluding hydrogens is 342 g/mol. The Kier molecular flexibility index (Phi) is 7.00. The van der Waals surface area contributed by atoms with Crippen LogP contribution in [0.15, 0.2) is 53.4 Å². The van der Waals surface area contributed by atoms with E-state index < -0.39 is 0 Å². The Balaban J connectivity index is 1.99. The molecule has 0 saturated heterocycles. The number of carbonyl (C=O) groups excluding carboxylic acids is 1. The third kappa shape index (κ3) is 5.18. The van der Waals surface area contributed by atoms with Crippen molar-refractivity contribution in [1.82, 2.24) is 4.90 Å². The molecule has 1 atom stereocenters. The van der Waals surface area contributed by atoms with Crippen LogP contribution in [0.2, 0.25) is 5.02 Å². The van der Waals surface area contributed by atoms with Gasteiger partial charge in [-0.2, -0.15) is 0 Å². The molecule has 0 aliphatic carbocycles. The molecule has 0 aliphatic heterocycles. The molecule has 2 aromatic rings. The van der Waals surface area contributed by atoms with Crippen LogP contribution >= 0.6 is 23.4 Å². The molecule has 2 aromatic carbocycles. The molecule has 0 fully saturated rings. The Bertz CT molecular complexity index is 658. The number of nitrogens with zero attached hydrogens (tertiary/aromatic N) is 1. The largest absolute Gasteiger partial charge is 0.497 e. The number of amides is 1. The van der Waals surface area contributed by atoms with E-state index >= 15 is 0 Å². The van der Waals surface area contributed by atoms with Gasteiger partial charge in [-0.25, -0.2) is 0 Å². The topological polar surface area (TPSA) is 29.5 Å². The molecule has 1 unspecified atom stereocenters. The number of ether oxygens (including phenoxy) is 1. The van der Waals surface area contributed by atoms with Gasteiger partial charge >= 0.3 is 0 Å². The standard InChI is InChI=1S/C19H22ClNO2S/c1-4-21(13-15-5-9-17(23-3)10-6-15)19(22)14(2)24-18-11-7-16(20)8-12-18/h5-12,14H,4,13H2,1-3H3. The number of carbonyl (C=O) groups is 1. The summed E-state index contributed by atoms with van der Waals surface area (Å²) in [6, 6.07) is 15.4. The molecule has 0 N–H and O–H groups in total. The Labute approximate surface area is 153 Å². The van der Waals surface area contributed by atoms with Gasteiger partial charge < -0.3 is 9.64 Å². The Morgan fingerprint density at radius 2 is 1.79 bits per heavy atom. The number of hydrogen-bond acceptors (Lipinski definition) is 3. The van der Waals surface area contributed by atoms with Crippen molar-refractivity contribution in [1.29, 1.82) is 0 Å².